The molecule has 1 saturated heterocycles. The van der Waals surface area contributed by atoms with E-state index in [1.54, 1.807) is 4.90 Å². The second kappa shape index (κ2) is 5.86. The van der Waals surface area contributed by atoms with E-state index in [-0.39, 0.29) is 17.7 Å². The molecule has 3 heterocycles. The molecular weight excluding hydrogens is 300 g/mol. The van der Waals surface area contributed by atoms with Gasteiger partial charge in [0.25, 0.3) is 5.91 Å². The molecule has 8 heteroatoms. The minimum atomic E-state index is -0.645. The van der Waals surface area contributed by atoms with Crippen LogP contribution in [0.3, 0.4) is 0 Å². The van der Waals surface area contributed by atoms with E-state index < -0.39 is 10.8 Å². The Kier molecular flexibility index (Phi) is 3.89. The fraction of sp³-hybridized carbons (Fsp3) is 0.467. The summed E-state index contributed by atoms with van der Waals surface area (Å²) in [5.74, 6) is 0.216. The summed E-state index contributed by atoms with van der Waals surface area (Å²) in [4.78, 5) is 28.5. The van der Waals surface area contributed by atoms with Crippen molar-refractivity contribution >= 4 is 11.8 Å². The van der Waals surface area contributed by atoms with E-state index in [1.165, 1.54) is 12.1 Å². The Morgan fingerprint density at radius 3 is 2.83 bits per heavy atom. The van der Waals surface area contributed by atoms with Crippen LogP contribution in [0.25, 0.3) is 0 Å². The first-order valence-electron chi connectivity index (χ1n) is 7.51. The summed E-state index contributed by atoms with van der Waals surface area (Å²) in [5, 5.41) is 10.7. The molecule has 0 radical (unpaired) electrons. The molecule has 1 unspecified atom stereocenters. The van der Waals surface area contributed by atoms with Crippen molar-refractivity contribution < 1.29 is 14.1 Å². The molecule has 1 aliphatic heterocycles. The van der Waals surface area contributed by atoms with Crippen molar-refractivity contribution in [3.63, 3.8) is 0 Å². The highest BCUT2D eigenvalue weighted by Gasteiger charge is 2.29. The highest BCUT2D eigenvalue weighted by Crippen LogP contribution is 2.26. The second-order valence-electron chi connectivity index (χ2n) is 5.76. The first kappa shape index (κ1) is 15.3. The number of carbonyl (C=O) groups is 1. The number of aryl methyl sites for hydroxylation is 2. The molecule has 122 valence electrons. The highest BCUT2D eigenvalue weighted by atomic mass is 16.6. The van der Waals surface area contributed by atoms with Gasteiger partial charge in [-0.05, 0) is 32.8 Å². The Bertz CT molecular complexity index is 729. The smallest absolute Gasteiger partial charge is 0.395 e. The zero-order valence-electron chi connectivity index (χ0n) is 13.1. The molecule has 1 amide bonds. The molecule has 2 aromatic heterocycles. The molecule has 0 spiro atoms. The van der Waals surface area contributed by atoms with Gasteiger partial charge in [0.2, 0.25) is 0 Å². The topological polar surface area (TPSA) is 94.4 Å². The van der Waals surface area contributed by atoms with E-state index in [0.717, 1.165) is 24.4 Å². The maximum absolute atomic E-state index is 12.5. The molecule has 1 aliphatic rings. The number of amides is 1. The van der Waals surface area contributed by atoms with Crippen LogP contribution >= 0.6 is 0 Å². The predicted octanol–water partition coefficient (Wildman–Crippen LogP) is 2.48. The Morgan fingerprint density at radius 2 is 2.22 bits per heavy atom. The largest absolute Gasteiger partial charge is 0.433 e. The lowest BCUT2D eigenvalue weighted by Crippen LogP contribution is -2.41. The molecule has 1 fully saturated rings. The van der Waals surface area contributed by atoms with Crippen molar-refractivity contribution in [3.8, 4) is 0 Å². The first-order chi connectivity index (χ1) is 11.0. The Balaban J connectivity index is 1.78. The molecular formula is C15H18N4O4. The predicted molar refractivity (Wildman–Crippen MR) is 81.2 cm³/mol. The average Bonchev–Trinajstić information content (AvgIpc) is 3.14. The molecule has 3 rings (SSSR count). The average molecular weight is 318 g/mol. The minimum absolute atomic E-state index is 0.0106. The fourth-order valence-electron chi connectivity index (χ4n) is 3.17. The van der Waals surface area contributed by atoms with Crippen molar-refractivity contribution in [1.82, 2.24) is 14.5 Å². The van der Waals surface area contributed by atoms with Gasteiger partial charge in [0, 0.05) is 25.0 Å². The third-order valence-corrected chi connectivity index (χ3v) is 4.20. The van der Waals surface area contributed by atoms with Crippen LogP contribution in [0.15, 0.2) is 22.7 Å². The van der Waals surface area contributed by atoms with Crippen LogP contribution in [0, 0.1) is 24.0 Å². The lowest BCUT2D eigenvalue weighted by Gasteiger charge is -2.34. The number of carbonyl (C=O) groups excluding carboxylic acids is 1. The number of nitro groups is 1. The summed E-state index contributed by atoms with van der Waals surface area (Å²) < 4.78 is 7.17. The number of rotatable bonds is 3. The SMILES string of the molecule is Cc1cnc(C)n1C1CCCN(C(=O)c2ccc([N+](=O)[O-])o2)C1. The molecule has 0 saturated carbocycles. The number of likely N-dealkylation sites (tertiary alicyclic amines) is 1. The summed E-state index contributed by atoms with van der Waals surface area (Å²) in [6.45, 7) is 5.11. The van der Waals surface area contributed by atoms with Crippen LogP contribution in [0.4, 0.5) is 5.88 Å². The van der Waals surface area contributed by atoms with E-state index in [9.17, 15) is 14.9 Å². The van der Waals surface area contributed by atoms with Crippen LogP contribution in [0.2, 0.25) is 0 Å². The monoisotopic (exact) mass is 318 g/mol. The van der Waals surface area contributed by atoms with E-state index in [1.807, 2.05) is 20.0 Å². The minimum Gasteiger partial charge on any atom is -0.395 e. The normalized spacial score (nSPS) is 18.2. The standard InChI is InChI=1S/C15H18N4O4/c1-10-8-16-11(2)18(10)12-4-3-7-17(9-12)15(20)13-5-6-14(23-13)19(21)22/h5-6,8,12H,3-4,7,9H2,1-2H3. The maximum atomic E-state index is 12.5. The molecule has 0 N–H and O–H groups in total. The quantitative estimate of drug-likeness (QED) is 0.640. The number of piperidine rings is 1. The zero-order chi connectivity index (χ0) is 16.6. The number of hydrogen-bond donors (Lipinski definition) is 0. The maximum Gasteiger partial charge on any atom is 0.433 e. The molecule has 0 bridgehead atoms. The van der Waals surface area contributed by atoms with Gasteiger partial charge < -0.3 is 13.9 Å². The van der Waals surface area contributed by atoms with Crippen molar-refractivity contribution in [1.29, 1.82) is 0 Å². The summed E-state index contributed by atoms with van der Waals surface area (Å²) in [7, 11) is 0. The van der Waals surface area contributed by atoms with Gasteiger partial charge in [0.1, 0.15) is 10.7 Å². The second-order valence-corrected chi connectivity index (χ2v) is 5.76. The van der Waals surface area contributed by atoms with Crippen molar-refractivity contribution in [2.24, 2.45) is 0 Å². The third-order valence-electron chi connectivity index (χ3n) is 4.20. The van der Waals surface area contributed by atoms with Crippen LogP contribution in [-0.2, 0) is 0 Å². The number of hydrogen-bond acceptors (Lipinski definition) is 5. The van der Waals surface area contributed by atoms with Crippen LogP contribution in [0.5, 0.6) is 0 Å². The Labute approximate surface area is 132 Å². The van der Waals surface area contributed by atoms with E-state index in [2.05, 4.69) is 9.55 Å². The van der Waals surface area contributed by atoms with Crippen molar-refractivity contribution in [2.75, 3.05) is 13.1 Å². The van der Waals surface area contributed by atoms with Crippen molar-refractivity contribution in [3.05, 3.63) is 45.7 Å². The summed E-state index contributed by atoms with van der Waals surface area (Å²) >= 11 is 0. The zero-order valence-corrected chi connectivity index (χ0v) is 13.1. The first-order valence-corrected chi connectivity index (χ1v) is 7.51. The Hall–Kier alpha value is -2.64. The summed E-state index contributed by atoms with van der Waals surface area (Å²) in [6.07, 6.45) is 3.67. The summed E-state index contributed by atoms with van der Waals surface area (Å²) in [6, 6.07) is 2.73. The number of furan rings is 1. The lowest BCUT2D eigenvalue weighted by molar-refractivity contribution is -0.402. The fourth-order valence-corrected chi connectivity index (χ4v) is 3.17. The van der Waals surface area contributed by atoms with Gasteiger partial charge in [0.15, 0.2) is 5.76 Å². The van der Waals surface area contributed by atoms with Gasteiger partial charge >= 0.3 is 5.88 Å². The van der Waals surface area contributed by atoms with E-state index in [4.69, 9.17) is 4.42 Å². The van der Waals surface area contributed by atoms with Gasteiger partial charge in [-0.1, -0.05) is 0 Å². The molecule has 0 aliphatic carbocycles. The number of aromatic nitrogens is 2. The molecule has 0 aromatic carbocycles. The van der Waals surface area contributed by atoms with Crippen LogP contribution < -0.4 is 0 Å². The van der Waals surface area contributed by atoms with Gasteiger partial charge in [-0.3, -0.25) is 14.9 Å². The summed E-state index contributed by atoms with van der Waals surface area (Å²) in [5.41, 5.74) is 1.07. The molecule has 23 heavy (non-hydrogen) atoms. The van der Waals surface area contributed by atoms with Gasteiger partial charge in [-0.25, -0.2) is 4.98 Å². The number of nitrogens with zero attached hydrogens (tertiary/aromatic N) is 4. The molecule has 8 nitrogen and oxygen atoms in total. The van der Waals surface area contributed by atoms with Gasteiger partial charge in [-0.2, -0.15) is 0 Å². The lowest BCUT2D eigenvalue weighted by atomic mass is 10.0. The van der Waals surface area contributed by atoms with Crippen LogP contribution in [0.1, 0.15) is 41.0 Å². The number of imidazole rings is 1. The highest BCUT2D eigenvalue weighted by molar-refractivity contribution is 5.91. The van der Waals surface area contributed by atoms with E-state index >= 15 is 0 Å². The van der Waals surface area contributed by atoms with Crippen molar-refractivity contribution in [2.45, 2.75) is 32.7 Å². The molecule has 1 atom stereocenters. The van der Waals surface area contributed by atoms with E-state index in [0.29, 0.717) is 13.1 Å². The van der Waals surface area contributed by atoms with Gasteiger partial charge in [-0.15, -0.1) is 0 Å². The third kappa shape index (κ3) is 2.84. The van der Waals surface area contributed by atoms with Gasteiger partial charge in [0.05, 0.1) is 12.1 Å². The Morgan fingerprint density at radius 1 is 1.43 bits per heavy atom. The molecule has 2 aromatic rings. The van der Waals surface area contributed by atoms with Crippen LogP contribution in [-0.4, -0.2) is 38.4 Å².